The molecular formula is C19H26IN3. The summed E-state index contributed by atoms with van der Waals surface area (Å²) < 4.78 is 0. The molecule has 0 saturated carbocycles. The minimum Gasteiger partial charge on any atom is -0.356 e. The van der Waals surface area contributed by atoms with Gasteiger partial charge in [0.25, 0.3) is 0 Å². The Hall–Kier alpha value is -1.56. The van der Waals surface area contributed by atoms with Crippen molar-refractivity contribution in [2.24, 2.45) is 4.99 Å². The normalized spacial score (nSPS) is 11.5. The van der Waals surface area contributed by atoms with E-state index in [4.69, 9.17) is 0 Å². The van der Waals surface area contributed by atoms with Crippen molar-refractivity contribution >= 4 is 29.9 Å². The zero-order chi connectivity index (χ0) is 15.8. The van der Waals surface area contributed by atoms with Gasteiger partial charge >= 0.3 is 0 Å². The summed E-state index contributed by atoms with van der Waals surface area (Å²) in [6.45, 7) is 6.07. The first-order chi connectivity index (χ1) is 10.6. The minimum absolute atomic E-state index is 0. The molecule has 23 heavy (non-hydrogen) atoms. The zero-order valence-electron chi connectivity index (χ0n) is 14.0. The van der Waals surface area contributed by atoms with Crippen molar-refractivity contribution in [3.63, 3.8) is 0 Å². The molecule has 0 aliphatic rings. The third kappa shape index (κ3) is 6.22. The average molecular weight is 423 g/mol. The Morgan fingerprint density at radius 3 is 2.04 bits per heavy atom. The lowest BCUT2D eigenvalue weighted by Crippen LogP contribution is -2.43. The van der Waals surface area contributed by atoms with Crippen molar-refractivity contribution < 1.29 is 0 Å². The molecule has 0 atom stereocenters. The maximum absolute atomic E-state index is 4.29. The molecule has 0 aliphatic carbocycles. The summed E-state index contributed by atoms with van der Waals surface area (Å²) in [5.74, 6) is 0.827. The van der Waals surface area contributed by atoms with Gasteiger partial charge in [0.05, 0.1) is 0 Å². The van der Waals surface area contributed by atoms with Crippen LogP contribution in [0.2, 0.25) is 0 Å². The average Bonchev–Trinajstić information content (AvgIpc) is 2.57. The monoisotopic (exact) mass is 423 g/mol. The van der Waals surface area contributed by atoms with Crippen molar-refractivity contribution in [2.75, 3.05) is 13.6 Å². The first-order valence-corrected chi connectivity index (χ1v) is 7.66. The maximum atomic E-state index is 4.29. The highest BCUT2D eigenvalue weighted by Crippen LogP contribution is 2.21. The Bertz CT molecular complexity index is 595. The maximum Gasteiger partial charge on any atom is 0.191 e. The quantitative estimate of drug-likeness (QED) is 0.434. The molecule has 2 rings (SSSR count). The van der Waals surface area contributed by atoms with Gasteiger partial charge in [-0.2, -0.15) is 0 Å². The van der Waals surface area contributed by atoms with Gasteiger partial charge in [0.1, 0.15) is 0 Å². The van der Waals surface area contributed by atoms with Gasteiger partial charge in [-0.25, -0.2) is 0 Å². The Morgan fingerprint density at radius 2 is 1.48 bits per heavy atom. The van der Waals surface area contributed by atoms with Gasteiger partial charge < -0.3 is 10.6 Å². The van der Waals surface area contributed by atoms with Crippen LogP contribution in [0.5, 0.6) is 0 Å². The van der Waals surface area contributed by atoms with Gasteiger partial charge in [0, 0.05) is 25.6 Å². The number of hydrogen-bond donors (Lipinski definition) is 2. The van der Waals surface area contributed by atoms with Crippen molar-refractivity contribution in [1.29, 1.82) is 0 Å². The lowest BCUT2D eigenvalue weighted by Gasteiger charge is -2.26. The van der Waals surface area contributed by atoms with E-state index in [1.807, 2.05) is 24.3 Å². The molecule has 0 aromatic heterocycles. The van der Waals surface area contributed by atoms with Crippen molar-refractivity contribution in [1.82, 2.24) is 10.6 Å². The van der Waals surface area contributed by atoms with Gasteiger partial charge in [0.15, 0.2) is 5.96 Å². The first kappa shape index (κ1) is 19.5. The Morgan fingerprint density at radius 1 is 0.913 bits per heavy atom. The highest BCUT2D eigenvalue weighted by atomic mass is 127. The number of nitrogens with zero attached hydrogens (tertiary/aromatic N) is 1. The standard InChI is InChI=1S/C19H25N3.HI/c1-19(2,17-12-8-5-9-13-17)15-22-18(20-3)21-14-16-10-6-4-7-11-16;/h4-13H,14-15H2,1-3H3,(H2,20,21,22);1H. The van der Waals surface area contributed by atoms with Crippen LogP contribution in [-0.2, 0) is 12.0 Å². The molecule has 0 amide bonds. The van der Waals surface area contributed by atoms with Crippen LogP contribution in [0.3, 0.4) is 0 Å². The molecule has 2 aromatic rings. The highest BCUT2D eigenvalue weighted by Gasteiger charge is 2.20. The number of guanidine groups is 1. The molecule has 2 aromatic carbocycles. The lowest BCUT2D eigenvalue weighted by molar-refractivity contribution is 0.508. The fraction of sp³-hybridized carbons (Fsp3) is 0.316. The second-order valence-corrected chi connectivity index (χ2v) is 6.01. The van der Waals surface area contributed by atoms with Gasteiger partial charge in [-0.05, 0) is 11.1 Å². The summed E-state index contributed by atoms with van der Waals surface area (Å²) in [7, 11) is 1.80. The first-order valence-electron chi connectivity index (χ1n) is 7.66. The molecule has 0 saturated heterocycles. The Kier molecular flexibility index (Phi) is 8.09. The third-order valence-corrected chi connectivity index (χ3v) is 3.78. The second kappa shape index (κ2) is 9.55. The van der Waals surface area contributed by atoms with Crippen LogP contribution in [0.1, 0.15) is 25.0 Å². The van der Waals surface area contributed by atoms with Crippen molar-refractivity contribution in [2.45, 2.75) is 25.8 Å². The van der Waals surface area contributed by atoms with Gasteiger partial charge in [0.2, 0.25) is 0 Å². The highest BCUT2D eigenvalue weighted by molar-refractivity contribution is 14.0. The summed E-state index contributed by atoms with van der Waals surface area (Å²) in [5.41, 5.74) is 2.61. The van der Waals surface area contributed by atoms with E-state index in [2.05, 4.69) is 65.9 Å². The zero-order valence-corrected chi connectivity index (χ0v) is 16.4. The molecule has 0 bridgehead atoms. The van der Waals surface area contributed by atoms with Crippen LogP contribution in [0.4, 0.5) is 0 Å². The van der Waals surface area contributed by atoms with Crippen molar-refractivity contribution in [3.05, 3.63) is 71.8 Å². The topological polar surface area (TPSA) is 36.4 Å². The van der Waals surface area contributed by atoms with Crippen LogP contribution in [-0.4, -0.2) is 19.6 Å². The lowest BCUT2D eigenvalue weighted by atomic mass is 9.85. The van der Waals surface area contributed by atoms with E-state index in [0.717, 1.165) is 19.0 Å². The van der Waals surface area contributed by atoms with E-state index < -0.39 is 0 Å². The summed E-state index contributed by atoms with van der Waals surface area (Å²) in [6, 6.07) is 20.9. The van der Waals surface area contributed by atoms with Crippen LogP contribution in [0.15, 0.2) is 65.7 Å². The Balaban J connectivity index is 0.00000264. The number of benzene rings is 2. The van der Waals surface area contributed by atoms with Gasteiger partial charge in [-0.1, -0.05) is 74.5 Å². The van der Waals surface area contributed by atoms with E-state index in [1.165, 1.54) is 11.1 Å². The fourth-order valence-corrected chi connectivity index (χ4v) is 2.30. The van der Waals surface area contributed by atoms with E-state index in [-0.39, 0.29) is 29.4 Å². The SMILES string of the molecule is CN=C(NCc1ccccc1)NCC(C)(C)c1ccccc1.I. The number of rotatable bonds is 5. The number of hydrogen-bond acceptors (Lipinski definition) is 1. The molecule has 2 N–H and O–H groups in total. The molecule has 0 spiro atoms. The fourth-order valence-electron chi connectivity index (χ4n) is 2.30. The molecule has 0 aliphatic heterocycles. The molecule has 3 nitrogen and oxygen atoms in total. The molecular weight excluding hydrogens is 397 g/mol. The molecule has 0 unspecified atom stereocenters. The van der Waals surface area contributed by atoms with E-state index >= 15 is 0 Å². The summed E-state index contributed by atoms with van der Waals surface area (Å²) in [5, 5.41) is 6.77. The predicted octanol–water partition coefficient (Wildman–Crippen LogP) is 3.95. The smallest absolute Gasteiger partial charge is 0.191 e. The predicted molar refractivity (Wildman–Crippen MR) is 110 cm³/mol. The summed E-state index contributed by atoms with van der Waals surface area (Å²) >= 11 is 0. The molecule has 124 valence electrons. The van der Waals surface area contributed by atoms with Crippen LogP contribution < -0.4 is 10.6 Å². The summed E-state index contributed by atoms with van der Waals surface area (Å²) in [6.07, 6.45) is 0. The summed E-state index contributed by atoms with van der Waals surface area (Å²) in [4.78, 5) is 4.29. The van der Waals surface area contributed by atoms with E-state index in [9.17, 15) is 0 Å². The molecule has 0 radical (unpaired) electrons. The number of nitrogens with one attached hydrogen (secondary N) is 2. The molecule has 0 fully saturated rings. The van der Waals surface area contributed by atoms with Crippen LogP contribution in [0, 0.1) is 0 Å². The minimum atomic E-state index is 0. The van der Waals surface area contributed by atoms with Gasteiger partial charge in [-0.3, -0.25) is 4.99 Å². The number of aliphatic imine (C=N–C) groups is 1. The Labute approximate surface area is 156 Å². The van der Waals surface area contributed by atoms with Crippen molar-refractivity contribution in [3.8, 4) is 0 Å². The van der Waals surface area contributed by atoms with E-state index in [0.29, 0.717) is 0 Å². The largest absolute Gasteiger partial charge is 0.356 e. The molecule has 4 heteroatoms. The third-order valence-electron chi connectivity index (χ3n) is 3.78. The van der Waals surface area contributed by atoms with Crippen LogP contribution >= 0.6 is 24.0 Å². The van der Waals surface area contributed by atoms with Crippen LogP contribution in [0.25, 0.3) is 0 Å². The van der Waals surface area contributed by atoms with E-state index in [1.54, 1.807) is 7.05 Å². The number of halogens is 1. The molecule has 0 heterocycles. The van der Waals surface area contributed by atoms with Gasteiger partial charge in [-0.15, -0.1) is 24.0 Å². The second-order valence-electron chi connectivity index (χ2n) is 6.01.